The van der Waals surface area contributed by atoms with Gasteiger partial charge in [0.05, 0.1) is 7.11 Å². The van der Waals surface area contributed by atoms with Crippen LogP contribution in [0.1, 0.15) is 11.1 Å². The van der Waals surface area contributed by atoms with E-state index in [1.165, 1.54) is 25.3 Å². The summed E-state index contributed by atoms with van der Waals surface area (Å²) in [6.45, 7) is 3.33. The molecule has 0 aromatic heterocycles. The topological polar surface area (TPSA) is 35.5 Å². The zero-order chi connectivity index (χ0) is 16.7. The molecule has 0 saturated carbocycles. The van der Waals surface area contributed by atoms with Crippen molar-refractivity contribution in [3.8, 4) is 11.5 Å². The molecule has 0 fully saturated rings. The van der Waals surface area contributed by atoms with Crippen LogP contribution in [-0.2, 0) is 0 Å². The van der Waals surface area contributed by atoms with Crippen molar-refractivity contribution in [1.29, 1.82) is 0 Å². The van der Waals surface area contributed by atoms with Gasteiger partial charge in [-0.25, -0.2) is 13.6 Å². The van der Waals surface area contributed by atoms with Crippen molar-refractivity contribution < 1.29 is 23.0 Å². The van der Waals surface area contributed by atoms with Gasteiger partial charge in [0.1, 0.15) is 23.1 Å². The van der Waals surface area contributed by atoms with Crippen LogP contribution >= 0.6 is 11.6 Å². The summed E-state index contributed by atoms with van der Waals surface area (Å²) in [6.07, 6.45) is 0. The number of hydrogen-bond acceptors (Lipinski definition) is 3. The minimum atomic E-state index is -0.974. The van der Waals surface area contributed by atoms with E-state index < -0.39 is 11.2 Å². The zero-order valence-electron chi connectivity index (χ0n) is 12.3. The van der Waals surface area contributed by atoms with E-state index in [1.807, 2.05) is 0 Å². The fraction of sp³-hybridized carbons (Fsp3) is 0.188. The molecule has 0 radical (unpaired) electrons. The molecule has 0 atom stereocenters. The van der Waals surface area contributed by atoms with E-state index in [9.17, 15) is 13.6 Å². The maximum absolute atomic E-state index is 12.8. The zero-order valence-corrected chi connectivity index (χ0v) is 13.1. The third-order valence-corrected chi connectivity index (χ3v) is 2.80. The molecule has 2 aromatic rings. The molecule has 0 saturated heterocycles. The van der Waals surface area contributed by atoms with Crippen molar-refractivity contribution in [2.75, 3.05) is 7.11 Å². The average Bonchev–Trinajstić information content (AvgIpc) is 2.46. The Morgan fingerprint density at radius 2 is 1.41 bits per heavy atom. The molecule has 0 spiro atoms. The van der Waals surface area contributed by atoms with E-state index in [0.29, 0.717) is 16.9 Å². The summed E-state index contributed by atoms with van der Waals surface area (Å²) < 4.78 is 34.7. The first-order valence-corrected chi connectivity index (χ1v) is 6.65. The number of hydrogen-bond donors (Lipinski definition) is 0. The second-order valence-electron chi connectivity index (χ2n) is 4.37. The van der Waals surface area contributed by atoms with Crippen LogP contribution in [0.3, 0.4) is 0 Å². The standard InChI is InChI=1S/C8H6ClFO2.C8H9FO/c1-5-2-3-6(4-7(5)10)12-8(9)11;1-6-3-4-7(10-2)5-8(6)9/h2-4H,1H3;3-5H,1-2H3. The van der Waals surface area contributed by atoms with Crippen LogP contribution in [0.25, 0.3) is 0 Å². The SMILES string of the molecule is COc1ccc(C)c(F)c1.Cc1ccc(OC(=O)Cl)cc1F. The number of halogens is 3. The predicted octanol–water partition coefficient (Wildman–Crippen LogP) is 5.01. The highest BCUT2D eigenvalue weighted by molar-refractivity contribution is 6.61. The number of ether oxygens (including phenoxy) is 2. The first-order valence-electron chi connectivity index (χ1n) is 6.27. The lowest BCUT2D eigenvalue weighted by Crippen LogP contribution is -1.96. The van der Waals surface area contributed by atoms with Crippen molar-refractivity contribution in [3.63, 3.8) is 0 Å². The van der Waals surface area contributed by atoms with Gasteiger partial charge in [-0.2, -0.15) is 0 Å². The van der Waals surface area contributed by atoms with Crippen molar-refractivity contribution in [1.82, 2.24) is 0 Å². The molecular weight excluding hydrogens is 314 g/mol. The molecule has 0 heterocycles. The second-order valence-corrected chi connectivity index (χ2v) is 4.67. The molecule has 2 aromatic carbocycles. The van der Waals surface area contributed by atoms with Gasteiger partial charge in [0.15, 0.2) is 0 Å². The first-order chi connectivity index (χ1) is 10.3. The summed E-state index contributed by atoms with van der Waals surface area (Å²) in [7, 11) is 1.52. The van der Waals surface area contributed by atoms with Gasteiger partial charge < -0.3 is 9.47 Å². The van der Waals surface area contributed by atoms with Gasteiger partial charge in [-0.3, -0.25) is 0 Å². The summed E-state index contributed by atoms with van der Waals surface area (Å²) in [5.41, 5.74) is 0.156. The van der Waals surface area contributed by atoms with Gasteiger partial charge in [-0.15, -0.1) is 0 Å². The van der Waals surface area contributed by atoms with Gasteiger partial charge >= 0.3 is 5.43 Å². The summed E-state index contributed by atoms with van der Waals surface area (Å²) in [6, 6.07) is 8.88. The largest absolute Gasteiger partial charge is 0.497 e. The summed E-state index contributed by atoms with van der Waals surface area (Å²) in [5, 5.41) is 0. The quantitative estimate of drug-likeness (QED) is 0.726. The fourth-order valence-electron chi connectivity index (χ4n) is 1.43. The lowest BCUT2D eigenvalue weighted by Gasteiger charge is -2.00. The first kappa shape index (κ1) is 17.9. The molecule has 0 unspecified atom stereocenters. The Balaban J connectivity index is 0.000000224. The molecule has 0 aliphatic heterocycles. The highest BCUT2D eigenvalue weighted by Gasteiger charge is 2.02. The fourth-order valence-corrected chi connectivity index (χ4v) is 1.52. The molecule has 3 nitrogen and oxygen atoms in total. The molecule has 22 heavy (non-hydrogen) atoms. The van der Waals surface area contributed by atoms with Crippen molar-refractivity contribution in [2.24, 2.45) is 0 Å². The highest BCUT2D eigenvalue weighted by atomic mass is 35.5. The van der Waals surface area contributed by atoms with Crippen LogP contribution < -0.4 is 9.47 Å². The number of carbonyl (C=O) groups is 1. The maximum atomic E-state index is 12.8. The smallest absolute Gasteiger partial charge is 0.409 e. The predicted molar refractivity (Wildman–Crippen MR) is 80.7 cm³/mol. The Hall–Kier alpha value is -2.14. The summed E-state index contributed by atoms with van der Waals surface area (Å²) >= 11 is 4.92. The number of benzene rings is 2. The Morgan fingerprint density at radius 3 is 1.82 bits per heavy atom. The molecule has 0 bridgehead atoms. The monoisotopic (exact) mass is 328 g/mol. The van der Waals surface area contributed by atoms with Crippen LogP contribution in [-0.4, -0.2) is 12.5 Å². The third-order valence-electron chi connectivity index (χ3n) is 2.72. The van der Waals surface area contributed by atoms with E-state index in [4.69, 9.17) is 16.3 Å². The minimum absolute atomic E-state index is 0.109. The van der Waals surface area contributed by atoms with Crippen molar-refractivity contribution in [3.05, 3.63) is 59.2 Å². The van der Waals surface area contributed by atoms with Crippen molar-refractivity contribution in [2.45, 2.75) is 13.8 Å². The summed E-state index contributed by atoms with van der Waals surface area (Å²) in [4.78, 5) is 10.2. The second kappa shape index (κ2) is 8.34. The molecule has 0 aliphatic rings. The Labute approximate surface area is 132 Å². The molecule has 0 amide bonds. The lowest BCUT2D eigenvalue weighted by atomic mass is 10.2. The van der Waals surface area contributed by atoms with Gasteiger partial charge in [0.25, 0.3) is 0 Å². The lowest BCUT2D eigenvalue weighted by molar-refractivity contribution is 0.225. The van der Waals surface area contributed by atoms with E-state index in [2.05, 4.69) is 4.74 Å². The minimum Gasteiger partial charge on any atom is -0.497 e. The Bertz CT molecular complexity index is 660. The van der Waals surface area contributed by atoms with Crippen LogP contribution in [0.4, 0.5) is 13.6 Å². The number of carbonyl (C=O) groups excluding carboxylic acids is 1. The van der Waals surface area contributed by atoms with Crippen LogP contribution in [0.15, 0.2) is 36.4 Å². The maximum Gasteiger partial charge on any atom is 0.409 e. The van der Waals surface area contributed by atoms with Crippen molar-refractivity contribution >= 4 is 17.0 Å². The number of methoxy groups -OCH3 is 1. The molecular formula is C16H15ClF2O3. The highest BCUT2D eigenvalue weighted by Crippen LogP contribution is 2.16. The van der Waals surface area contributed by atoms with E-state index in [0.717, 1.165) is 6.07 Å². The van der Waals surface area contributed by atoms with E-state index in [-0.39, 0.29) is 11.6 Å². The third kappa shape index (κ3) is 5.69. The van der Waals surface area contributed by atoms with Gasteiger partial charge in [-0.1, -0.05) is 12.1 Å². The summed E-state index contributed by atoms with van der Waals surface area (Å²) in [5.74, 6) is 0.0194. The Morgan fingerprint density at radius 1 is 0.955 bits per heavy atom. The number of rotatable bonds is 2. The van der Waals surface area contributed by atoms with Gasteiger partial charge in [-0.05, 0) is 37.1 Å². The molecule has 0 N–H and O–H groups in total. The Kier molecular flexibility index (Phi) is 6.79. The average molecular weight is 329 g/mol. The number of aryl methyl sites for hydroxylation is 2. The normalized spacial score (nSPS) is 9.55. The van der Waals surface area contributed by atoms with E-state index in [1.54, 1.807) is 26.0 Å². The molecule has 2 rings (SSSR count). The van der Waals surface area contributed by atoms with Gasteiger partial charge in [0, 0.05) is 23.7 Å². The van der Waals surface area contributed by atoms with Crippen LogP contribution in [0.5, 0.6) is 11.5 Å². The molecule has 118 valence electrons. The van der Waals surface area contributed by atoms with E-state index >= 15 is 0 Å². The van der Waals surface area contributed by atoms with Crippen LogP contribution in [0, 0.1) is 25.5 Å². The molecule has 6 heteroatoms. The molecule has 0 aliphatic carbocycles. The van der Waals surface area contributed by atoms with Gasteiger partial charge in [0.2, 0.25) is 0 Å². The van der Waals surface area contributed by atoms with Crippen LogP contribution in [0.2, 0.25) is 0 Å².